The van der Waals surface area contributed by atoms with E-state index in [1.54, 1.807) is 31.4 Å². The van der Waals surface area contributed by atoms with Gasteiger partial charge in [-0.1, -0.05) is 22.0 Å². The van der Waals surface area contributed by atoms with Crippen molar-refractivity contribution in [2.75, 3.05) is 19.5 Å². The Labute approximate surface area is 197 Å². The van der Waals surface area contributed by atoms with Crippen LogP contribution in [0.5, 0.6) is 17.4 Å². The first kappa shape index (κ1) is 20.9. The molecule has 10 heteroatoms. The molecule has 1 unspecified atom stereocenters. The van der Waals surface area contributed by atoms with E-state index in [-0.39, 0.29) is 17.3 Å². The summed E-state index contributed by atoms with van der Waals surface area (Å²) in [4.78, 5) is 13.8. The molecule has 0 radical (unpaired) electrons. The number of nitrogens with two attached hydrogens (primary N) is 1. The lowest BCUT2D eigenvalue weighted by Gasteiger charge is -2.32. The van der Waals surface area contributed by atoms with Crippen LogP contribution < -0.4 is 25.3 Å². The summed E-state index contributed by atoms with van der Waals surface area (Å²) in [6, 6.07) is 11.1. The molecule has 0 saturated carbocycles. The number of methoxy groups -OCH3 is 2. The molecule has 2 aliphatic heterocycles. The van der Waals surface area contributed by atoms with Crippen LogP contribution in [-0.4, -0.2) is 30.3 Å². The molecule has 0 fully saturated rings. The average molecular weight is 508 g/mol. The van der Waals surface area contributed by atoms with E-state index in [0.717, 1.165) is 5.56 Å². The zero-order valence-corrected chi connectivity index (χ0v) is 19.5. The Bertz CT molecular complexity index is 1420. The number of nitriles is 1. The van der Waals surface area contributed by atoms with Crippen molar-refractivity contribution in [3.8, 4) is 34.7 Å². The molecule has 166 valence electrons. The van der Waals surface area contributed by atoms with E-state index in [0.29, 0.717) is 44.0 Å². The molecule has 0 bridgehead atoms. The van der Waals surface area contributed by atoms with Crippen molar-refractivity contribution in [2.24, 2.45) is 5.73 Å². The van der Waals surface area contributed by atoms with Gasteiger partial charge in [-0.25, -0.2) is 0 Å². The van der Waals surface area contributed by atoms with Gasteiger partial charge in [0.15, 0.2) is 0 Å². The first-order chi connectivity index (χ1) is 15.9. The number of aromatic nitrogens is 2. The van der Waals surface area contributed by atoms with Gasteiger partial charge in [-0.2, -0.15) is 5.26 Å². The second-order valence-electron chi connectivity index (χ2n) is 7.62. The van der Waals surface area contributed by atoms with Gasteiger partial charge in [-0.3, -0.25) is 9.89 Å². The van der Waals surface area contributed by atoms with E-state index >= 15 is 0 Å². The molecule has 2 aliphatic rings. The smallest absolute Gasteiger partial charge is 0.245 e. The Kier molecular flexibility index (Phi) is 4.61. The van der Waals surface area contributed by atoms with Crippen LogP contribution in [0, 0.1) is 18.3 Å². The Morgan fingerprint density at radius 2 is 2.00 bits per heavy atom. The molecular formula is C23H18BrN5O4. The van der Waals surface area contributed by atoms with Crippen molar-refractivity contribution in [2.45, 2.75) is 12.3 Å². The Morgan fingerprint density at radius 3 is 2.70 bits per heavy atom. The lowest BCUT2D eigenvalue weighted by molar-refractivity contribution is -0.118. The molecule has 1 amide bonds. The molecule has 1 spiro atoms. The van der Waals surface area contributed by atoms with Gasteiger partial charge in [-0.15, -0.1) is 5.10 Å². The summed E-state index contributed by atoms with van der Waals surface area (Å²) in [6.45, 7) is 1.90. The summed E-state index contributed by atoms with van der Waals surface area (Å²) in [7, 11) is 3.09. The number of nitrogens with zero attached hydrogens (tertiary/aromatic N) is 2. The molecule has 33 heavy (non-hydrogen) atoms. The summed E-state index contributed by atoms with van der Waals surface area (Å²) in [6.07, 6.45) is 0. The van der Waals surface area contributed by atoms with E-state index in [2.05, 4.69) is 37.5 Å². The van der Waals surface area contributed by atoms with Crippen LogP contribution in [0.4, 0.5) is 5.69 Å². The fourth-order valence-corrected chi connectivity index (χ4v) is 5.16. The lowest BCUT2D eigenvalue weighted by Crippen LogP contribution is -2.42. The van der Waals surface area contributed by atoms with Gasteiger partial charge in [0.1, 0.15) is 28.6 Å². The number of amides is 1. The predicted octanol–water partition coefficient (Wildman–Crippen LogP) is 3.49. The van der Waals surface area contributed by atoms with E-state index in [1.165, 1.54) is 7.11 Å². The van der Waals surface area contributed by atoms with Gasteiger partial charge in [0.2, 0.25) is 17.7 Å². The number of hydrogen-bond acceptors (Lipinski definition) is 7. The number of ether oxygens (including phenoxy) is 3. The van der Waals surface area contributed by atoms with Crippen molar-refractivity contribution >= 4 is 27.5 Å². The first-order valence-electron chi connectivity index (χ1n) is 9.88. The number of aryl methyl sites for hydroxylation is 1. The number of carbonyl (C=O) groups is 1. The van der Waals surface area contributed by atoms with Crippen molar-refractivity contribution < 1.29 is 19.0 Å². The Morgan fingerprint density at radius 1 is 1.21 bits per heavy atom. The van der Waals surface area contributed by atoms with Gasteiger partial charge in [0.25, 0.3) is 0 Å². The topological polar surface area (TPSA) is 135 Å². The number of fused-ring (bicyclic) bond motifs is 4. The minimum Gasteiger partial charge on any atom is -0.497 e. The third-order valence-electron chi connectivity index (χ3n) is 6.02. The second kappa shape index (κ2) is 7.28. The number of benzene rings is 2. The average Bonchev–Trinajstić information content (AvgIpc) is 3.36. The zero-order valence-electron chi connectivity index (χ0n) is 17.9. The fraction of sp³-hybridized carbons (Fsp3) is 0.174. The molecule has 4 N–H and O–H groups in total. The van der Waals surface area contributed by atoms with Crippen molar-refractivity contribution in [3.63, 3.8) is 0 Å². The number of rotatable bonds is 3. The number of nitrogens with one attached hydrogen (secondary N) is 2. The van der Waals surface area contributed by atoms with E-state index in [4.69, 9.17) is 19.9 Å². The van der Waals surface area contributed by atoms with Gasteiger partial charge in [0.05, 0.1) is 25.5 Å². The van der Waals surface area contributed by atoms with Crippen LogP contribution in [0.2, 0.25) is 0 Å². The van der Waals surface area contributed by atoms with Gasteiger partial charge < -0.3 is 25.3 Å². The number of anilines is 1. The summed E-state index contributed by atoms with van der Waals surface area (Å²) in [5, 5.41) is 20.3. The van der Waals surface area contributed by atoms with Crippen LogP contribution in [0.3, 0.4) is 0 Å². The zero-order chi connectivity index (χ0) is 23.5. The van der Waals surface area contributed by atoms with Crippen LogP contribution in [0.25, 0.3) is 11.3 Å². The summed E-state index contributed by atoms with van der Waals surface area (Å²) < 4.78 is 17.4. The monoisotopic (exact) mass is 507 g/mol. The maximum Gasteiger partial charge on any atom is 0.245 e. The second-order valence-corrected chi connectivity index (χ2v) is 8.41. The minimum atomic E-state index is -1.59. The predicted molar refractivity (Wildman–Crippen MR) is 123 cm³/mol. The highest BCUT2D eigenvalue weighted by molar-refractivity contribution is 9.10. The number of halogens is 1. The Hall–Kier alpha value is -3.97. The molecule has 3 heterocycles. The van der Waals surface area contributed by atoms with Gasteiger partial charge >= 0.3 is 0 Å². The molecule has 1 aromatic heterocycles. The number of carbonyl (C=O) groups excluding carboxylic acids is 1. The van der Waals surface area contributed by atoms with Crippen LogP contribution >= 0.6 is 15.9 Å². The SMILES string of the molecule is COc1ccc(OC)c(-c2[nH]nc3c2C2(C(=O)Nc4ccc(C)c(Br)c42)C(C#N)=C(N)O3)c1. The number of H-pyrrole nitrogens is 1. The maximum atomic E-state index is 13.8. The van der Waals surface area contributed by atoms with E-state index in [9.17, 15) is 10.1 Å². The summed E-state index contributed by atoms with van der Waals surface area (Å²) in [5.74, 6) is 0.571. The third-order valence-corrected chi connectivity index (χ3v) is 7.04. The molecule has 5 rings (SSSR count). The fourth-order valence-electron chi connectivity index (χ4n) is 4.51. The van der Waals surface area contributed by atoms with Crippen molar-refractivity contribution in [3.05, 3.63) is 63.0 Å². The minimum absolute atomic E-state index is 0.0259. The van der Waals surface area contributed by atoms with Crippen LogP contribution in [-0.2, 0) is 10.2 Å². The highest BCUT2D eigenvalue weighted by Gasteiger charge is 2.60. The molecular weight excluding hydrogens is 490 g/mol. The molecule has 9 nitrogen and oxygen atoms in total. The van der Waals surface area contributed by atoms with Crippen molar-refractivity contribution in [1.82, 2.24) is 10.2 Å². The largest absolute Gasteiger partial charge is 0.497 e. The van der Waals surface area contributed by atoms with Gasteiger partial charge in [-0.05, 0) is 36.8 Å². The first-order valence-corrected chi connectivity index (χ1v) is 10.7. The highest BCUT2D eigenvalue weighted by atomic mass is 79.9. The summed E-state index contributed by atoms with van der Waals surface area (Å²) >= 11 is 3.64. The normalized spacial score (nSPS) is 18.3. The van der Waals surface area contributed by atoms with Gasteiger partial charge in [0, 0.05) is 21.3 Å². The molecule has 1 atom stereocenters. The van der Waals surface area contributed by atoms with E-state index in [1.807, 2.05) is 13.0 Å². The number of hydrogen-bond donors (Lipinski definition) is 3. The van der Waals surface area contributed by atoms with Crippen LogP contribution in [0.15, 0.2) is 46.3 Å². The molecule has 2 aromatic carbocycles. The molecule has 3 aromatic rings. The summed E-state index contributed by atoms with van der Waals surface area (Å²) in [5.41, 5.74) is 7.94. The van der Waals surface area contributed by atoms with Crippen LogP contribution in [0.1, 0.15) is 16.7 Å². The quantitative estimate of drug-likeness (QED) is 0.493. The standard InChI is InChI=1S/C23H18BrN5O4/c1-10-4-6-14-16(18(10)24)23(22(30)27-14)13(9-25)20(26)33-21-17(23)19(28-29-21)12-8-11(31-2)5-7-15(12)32-3/h4-8H,26H2,1-3H3,(H,27,30)(H,28,29). The molecule has 0 saturated heterocycles. The Balaban J connectivity index is 1.93. The lowest BCUT2D eigenvalue weighted by atomic mass is 9.68. The maximum absolute atomic E-state index is 13.8. The highest BCUT2D eigenvalue weighted by Crippen LogP contribution is 2.58. The van der Waals surface area contributed by atoms with Crippen molar-refractivity contribution in [1.29, 1.82) is 5.26 Å². The third kappa shape index (κ3) is 2.63. The number of aromatic amines is 1. The molecule has 0 aliphatic carbocycles. The van der Waals surface area contributed by atoms with E-state index < -0.39 is 11.3 Å².